The van der Waals surface area contributed by atoms with Gasteiger partial charge in [0.2, 0.25) is 0 Å². The molecule has 96 valence electrons. The highest BCUT2D eigenvalue weighted by molar-refractivity contribution is 5.75. The van der Waals surface area contributed by atoms with E-state index in [1.54, 1.807) is 18.2 Å². The largest absolute Gasteiger partial charge is 0.480 e. The number of carboxylic acid groups (broad SMARTS) is 1. The summed E-state index contributed by atoms with van der Waals surface area (Å²) in [6.45, 7) is -0.274. The van der Waals surface area contributed by atoms with Crippen LogP contribution in [0.1, 0.15) is 11.6 Å². The van der Waals surface area contributed by atoms with Gasteiger partial charge in [-0.25, -0.2) is 9.59 Å². The number of hydrogen-bond acceptors (Lipinski definition) is 4. The second-order valence-electron chi connectivity index (χ2n) is 3.90. The molecule has 1 atom stereocenters. The highest BCUT2D eigenvalue weighted by Crippen LogP contribution is 2.15. The van der Waals surface area contributed by atoms with Crippen molar-refractivity contribution in [2.24, 2.45) is 5.73 Å². The maximum absolute atomic E-state index is 11.1. The molecule has 1 heterocycles. The van der Waals surface area contributed by atoms with E-state index in [4.69, 9.17) is 15.6 Å². The van der Waals surface area contributed by atoms with E-state index >= 15 is 0 Å². The Morgan fingerprint density at radius 1 is 1.39 bits per heavy atom. The SMILES string of the molecule is NC(COCC(=O)O)c1ccc2[nH]c(=O)[nH]c2c1. The summed E-state index contributed by atoms with van der Waals surface area (Å²) in [5.74, 6) is -1.03. The van der Waals surface area contributed by atoms with Gasteiger partial charge in [0, 0.05) is 0 Å². The molecule has 0 aliphatic carbocycles. The number of aliphatic carboxylic acids is 1. The van der Waals surface area contributed by atoms with Crippen LogP contribution in [0.5, 0.6) is 0 Å². The molecule has 0 aliphatic rings. The van der Waals surface area contributed by atoms with E-state index in [1.807, 2.05) is 0 Å². The highest BCUT2D eigenvalue weighted by Gasteiger charge is 2.09. The van der Waals surface area contributed by atoms with Crippen LogP contribution in [0, 0.1) is 0 Å². The van der Waals surface area contributed by atoms with Crippen LogP contribution in [-0.4, -0.2) is 34.3 Å². The van der Waals surface area contributed by atoms with Crippen LogP contribution in [0.4, 0.5) is 0 Å². The molecular weight excluding hydrogens is 238 g/mol. The van der Waals surface area contributed by atoms with E-state index in [-0.39, 0.29) is 18.9 Å². The lowest BCUT2D eigenvalue weighted by molar-refractivity contribution is -0.142. The number of ether oxygens (including phenoxy) is 1. The van der Waals surface area contributed by atoms with Crippen LogP contribution in [-0.2, 0) is 9.53 Å². The summed E-state index contributed by atoms with van der Waals surface area (Å²) >= 11 is 0. The van der Waals surface area contributed by atoms with E-state index in [9.17, 15) is 9.59 Å². The van der Waals surface area contributed by atoms with Crippen molar-refractivity contribution in [3.05, 3.63) is 34.2 Å². The zero-order valence-corrected chi connectivity index (χ0v) is 9.47. The van der Waals surface area contributed by atoms with E-state index in [0.717, 1.165) is 5.56 Å². The normalized spacial score (nSPS) is 12.7. The molecule has 0 bridgehead atoms. The number of fused-ring (bicyclic) bond motifs is 1. The van der Waals surface area contributed by atoms with E-state index < -0.39 is 12.0 Å². The summed E-state index contributed by atoms with van der Waals surface area (Å²) in [5, 5.41) is 8.43. The van der Waals surface area contributed by atoms with Crippen LogP contribution in [0.3, 0.4) is 0 Å². The fraction of sp³-hybridized carbons (Fsp3) is 0.273. The summed E-state index contributed by atoms with van der Waals surface area (Å²) in [6.07, 6.45) is 0. The molecule has 18 heavy (non-hydrogen) atoms. The number of H-pyrrole nitrogens is 2. The smallest absolute Gasteiger partial charge is 0.329 e. The van der Waals surface area contributed by atoms with E-state index in [0.29, 0.717) is 11.0 Å². The van der Waals surface area contributed by atoms with Gasteiger partial charge in [0.05, 0.1) is 23.7 Å². The first-order valence-corrected chi connectivity index (χ1v) is 5.33. The number of imidazole rings is 1. The molecule has 0 saturated heterocycles. The number of aromatic amines is 2. The number of carboxylic acids is 1. The van der Waals surface area contributed by atoms with Gasteiger partial charge in [-0.05, 0) is 17.7 Å². The molecule has 0 radical (unpaired) electrons. The van der Waals surface area contributed by atoms with Gasteiger partial charge in [0.25, 0.3) is 0 Å². The first-order valence-electron chi connectivity index (χ1n) is 5.33. The second-order valence-corrected chi connectivity index (χ2v) is 3.90. The fourth-order valence-electron chi connectivity index (χ4n) is 1.65. The number of benzene rings is 1. The summed E-state index contributed by atoms with van der Waals surface area (Å²) in [7, 11) is 0. The average Bonchev–Trinajstić information content (AvgIpc) is 2.67. The lowest BCUT2D eigenvalue weighted by atomic mass is 10.1. The number of nitrogens with two attached hydrogens (primary N) is 1. The number of hydrogen-bond donors (Lipinski definition) is 4. The number of aromatic nitrogens is 2. The van der Waals surface area contributed by atoms with Crippen LogP contribution in [0.2, 0.25) is 0 Å². The Morgan fingerprint density at radius 3 is 2.83 bits per heavy atom. The van der Waals surface area contributed by atoms with Crippen LogP contribution < -0.4 is 11.4 Å². The lowest BCUT2D eigenvalue weighted by Gasteiger charge is -2.11. The Morgan fingerprint density at radius 2 is 2.11 bits per heavy atom. The molecule has 0 spiro atoms. The molecule has 7 nitrogen and oxygen atoms in total. The van der Waals surface area contributed by atoms with Crippen molar-refractivity contribution in [2.75, 3.05) is 13.2 Å². The minimum absolute atomic E-state index is 0.104. The topological polar surface area (TPSA) is 121 Å². The quantitative estimate of drug-likeness (QED) is 0.594. The Balaban J connectivity index is 2.09. The first-order chi connectivity index (χ1) is 8.56. The zero-order valence-electron chi connectivity index (χ0n) is 9.47. The Hall–Kier alpha value is -2.12. The van der Waals surface area contributed by atoms with Crippen molar-refractivity contribution in [3.8, 4) is 0 Å². The maximum Gasteiger partial charge on any atom is 0.329 e. The fourth-order valence-corrected chi connectivity index (χ4v) is 1.65. The monoisotopic (exact) mass is 251 g/mol. The standard InChI is InChI=1S/C11H13N3O4/c12-7(4-18-5-10(15)16)6-1-2-8-9(3-6)14-11(17)13-8/h1-3,7H,4-5,12H2,(H,15,16)(H2,13,14,17). The van der Waals surface area contributed by atoms with E-state index in [1.165, 1.54) is 0 Å². The van der Waals surface area contributed by atoms with Crippen molar-refractivity contribution < 1.29 is 14.6 Å². The average molecular weight is 251 g/mol. The van der Waals surface area contributed by atoms with Crippen molar-refractivity contribution in [1.82, 2.24) is 9.97 Å². The minimum atomic E-state index is -1.03. The molecule has 1 unspecified atom stereocenters. The Labute approximate surface area is 102 Å². The van der Waals surface area contributed by atoms with E-state index in [2.05, 4.69) is 9.97 Å². The van der Waals surface area contributed by atoms with Gasteiger partial charge in [-0.15, -0.1) is 0 Å². The molecule has 7 heteroatoms. The summed E-state index contributed by atoms with van der Waals surface area (Å²) in [4.78, 5) is 26.6. The first kappa shape index (κ1) is 12.3. The van der Waals surface area contributed by atoms with Crippen LogP contribution in [0.25, 0.3) is 11.0 Å². The Bertz CT molecular complexity index is 616. The molecule has 0 amide bonds. The third-order valence-electron chi connectivity index (χ3n) is 2.49. The molecule has 0 fully saturated rings. The number of rotatable bonds is 5. The van der Waals surface area contributed by atoms with Gasteiger partial charge >= 0.3 is 11.7 Å². The van der Waals surface area contributed by atoms with Crippen molar-refractivity contribution in [1.29, 1.82) is 0 Å². The lowest BCUT2D eigenvalue weighted by Crippen LogP contribution is -2.19. The van der Waals surface area contributed by atoms with Gasteiger partial charge in [0.1, 0.15) is 6.61 Å². The molecule has 1 aromatic heterocycles. The molecule has 0 saturated carbocycles. The molecule has 2 aromatic rings. The highest BCUT2D eigenvalue weighted by atomic mass is 16.5. The third-order valence-corrected chi connectivity index (χ3v) is 2.49. The molecular formula is C11H13N3O4. The molecule has 0 aliphatic heterocycles. The number of nitrogens with one attached hydrogen (secondary N) is 2. The van der Waals surface area contributed by atoms with Gasteiger partial charge in [0.15, 0.2) is 0 Å². The Kier molecular flexibility index (Phi) is 3.45. The van der Waals surface area contributed by atoms with Gasteiger partial charge in [-0.3, -0.25) is 0 Å². The second kappa shape index (κ2) is 5.03. The van der Waals surface area contributed by atoms with Crippen molar-refractivity contribution in [3.63, 3.8) is 0 Å². The zero-order chi connectivity index (χ0) is 13.1. The van der Waals surface area contributed by atoms with Gasteiger partial charge in [-0.1, -0.05) is 6.07 Å². The van der Waals surface area contributed by atoms with Crippen LogP contribution in [0.15, 0.2) is 23.0 Å². The van der Waals surface area contributed by atoms with Gasteiger partial charge in [-0.2, -0.15) is 0 Å². The van der Waals surface area contributed by atoms with Crippen molar-refractivity contribution in [2.45, 2.75) is 6.04 Å². The van der Waals surface area contributed by atoms with Gasteiger partial charge < -0.3 is 25.5 Å². The summed E-state index contributed by atoms with van der Waals surface area (Å²) in [5.41, 5.74) is 7.70. The number of carbonyl (C=O) groups is 1. The molecule has 5 N–H and O–H groups in total. The summed E-state index contributed by atoms with van der Waals surface area (Å²) in [6, 6.07) is 4.80. The summed E-state index contributed by atoms with van der Waals surface area (Å²) < 4.78 is 4.92. The van der Waals surface area contributed by atoms with Crippen molar-refractivity contribution >= 4 is 17.0 Å². The predicted molar refractivity (Wildman–Crippen MR) is 64.3 cm³/mol. The predicted octanol–water partition coefficient (Wildman–Crippen LogP) is -0.0428. The third kappa shape index (κ3) is 2.76. The molecule has 1 aromatic carbocycles. The maximum atomic E-state index is 11.1. The minimum Gasteiger partial charge on any atom is -0.480 e. The van der Waals surface area contributed by atoms with Crippen LogP contribution >= 0.6 is 0 Å². The molecule has 2 rings (SSSR count).